The summed E-state index contributed by atoms with van der Waals surface area (Å²) in [6.07, 6.45) is -7.25. The third-order valence-corrected chi connectivity index (χ3v) is 7.10. The largest absolute Gasteiger partial charge is 0.412 e. The molecule has 1 fully saturated rings. The molecule has 0 radical (unpaired) electrons. The van der Waals surface area contributed by atoms with Crippen molar-refractivity contribution in [2.24, 2.45) is 0 Å². The first kappa shape index (κ1) is 30.3. The SMILES string of the molecule is O=C(NC(c1ccccc1Cl)C(F)(F)F)c1cn(-c2c(F)cc(F)cc2F)c2nc(N3CC(O)[C@H](O)C3)c(F)cc2c1=O. The lowest BCUT2D eigenvalue weighted by molar-refractivity contribution is -0.155. The predicted molar refractivity (Wildman–Crippen MR) is 139 cm³/mol. The normalized spacial score (nSPS) is 17.9. The molecule has 1 amide bonds. The first-order valence-electron chi connectivity index (χ1n) is 12.3. The van der Waals surface area contributed by atoms with Crippen LogP contribution in [0.4, 0.5) is 36.6 Å². The topological polar surface area (TPSA) is 108 Å². The standard InChI is InChI=1S/C27H18ClF7N4O4/c28-15-4-2-1-3-12(15)23(27(33,34)35)36-26(43)14-8-39(21-16(30)5-11(29)6-17(21)31)24-13(22(14)42)7-18(32)25(37-24)38-9-19(40)20(41)10-38/h1-8,19-20,23,40-41H,9-10H2,(H,36,43)/t19-,20?,23?/m1/s1. The van der Waals surface area contributed by atoms with E-state index in [0.29, 0.717) is 16.8 Å². The highest BCUT2D eigenvalue weighted by atomic mass is 35.5. The maximum atomic E-state index is 15.2. The van der Waals surface area contributed by atoms with Gasteiger partial charge in [0.05, 0.1) is 17.6 Å². The van der Waals surface area contributed by atoms with Gasteiger partial charge in [0.15, 0.2) is 35.0 Å². The number of β-amino-alcohol motifs (C(OH)–C–C–N with tert-alkyl or cyclic N) is 2. The van der Waals surface area contributed by atoms with Crippen molar-refractivity contribution >= 4 is 34.4 Å². The van der Waals surface area contributed by atoms with E-state index in [1.807, 2.05) is 0 Å². The van der Waals surface area contributed by atoms with Crippen molar-refractivity contribution in [3.63, 3.8) is 0 Å². The van der Waals surface area contributed by atoms with Crippen LogP contribution in [0.1, 0.15) is 22.0 Å². The summed E-state index contributed by atoms with van der Waals surface area (Å²) in [5, 5.41) is 20.2. The summed E-state index contributed by atoms with van der Waals surface area (Å²) in [6.45, 7) is -0.636. The Morgan fingerprint density at radius 2 is 1.60 bits per heavy atom. The number of aliphatic hydroxyl groups excluding tert-OH is 2. The quantitative estimate of drug-likeness (QED) is 0.286. The number of benzene rings is 2. The van der Waals surface area contributed by atoms with Crippen molar-refractivity contribution in [3.8, 4) is 5.69 Å². The number of carbonyl (C=O) groups is 1. The van der Waals surface area contributed by atoms with Gasteiger partial charge in [-0.15, -0.1) is 0 Å². The van der Waals surface area contributed by atoms with Crippen LogP contribution in [0.2, 0.25) is 5.02 Å². The van der Waals surface area contributed by atoms with E-state index in [-0.39, 0.29) is 30.2 Å². The monoisotopic (exact) mass is 630 g/mol. The first-order valence-corrected chi connectivity index (χ1v) is 12.7. The van der Waals surface area contributed by atoms with Crippen LogP contribution in [0, 0.1) is 23.3 Å². The Hall–Kier alpha value is -4.21. The lowest BCUT2D eigenvalue weighted by Gasteiger charge is -2.23. The van der Waals surface area contributed by atoms with Crippen LogP contribution in [0.25, 0.3) is 16.7 Å². The third kappa shape index (κ3) is 5.62. The van der Waals surface area contributed by atoms with Crippen molar-refractivity contribution in [1.82, 2.24) is 14.9 Å². The molecule has 43 heavy (non-hydrogen) atoms. The molecular formula is C27H18ClF7N4O4. The molecule has 1 saturated heterocycles. The van der Waals surface area contributed by atoms with Crippen LogP contribution in [0.3, 0.4) is 0 Å². The molecule has 2 aromatic carbocycles. The minimum absolute atomic E-state index is 0.261. The second-order valence-electron chi connectivity index (χ2n) is 9.63. The van der Waals surface area contributed by atoms with Gasteiger partial charge in [-0.05, 0) is 12.1 Å². The summed E-state index contributed by atoms with van der Waals surface area (Å²) in [6, 6.07) is 3.01. The molecule has 5 rings (SSSR count). The van der Waals surface area contributed by atoms with Gasteiger partial charge in [-0.25, -0.2) is 22.5 Å². The zero-order valence-electron chi connectivity index (χ0n) is 21.3. The lowest BCUT2D eigenvalue weighted by Crippen LogP contribution is -2.40. The number of halogens is 8. The smallest absolute Gasteiger partial charge is 0.389 e. The second kappa shape index (κ2) is 11.1. The zero-order valence-corrected chi connectivity index (χ0v) is 22.1. The van der Waals surface area contributed by atoms with Crippen LogP contribution < -0.4 is 15.6 Å². The zero-order chi connectivity index (χ0) is 31.4. The molecule has 0 aliphatic carbocycles. The predicted octanol–water partition coefficient (Wildman–Crippen LogP) is 4.17. The fraction of sp³-hybridized carbons (Fsp3) is 0.222. The molecule has 3 heterocycles. The summed E-state index contributed by atoms with van der Waals surface area (Å²) in [4.78, 5) is 31.6. The van der Waals surface area contributed by atoms with Crippen LogP contribution in [0.15, 0.2) is 53.5 Å². The number of nitrogens with one attached hydrogen (secondary N) is 1. The molecule has 1 aliphatic heterocycles. The Balaban J connectivity index is 1.73. The molecule has 8 nitrogen and oxygen atoms in total. The number of alkyl halides is 3. The summed E-state index contributed by atoms with van der Waals surface area (Å²) in [5.74, 6) is -7.90. The van der Waals surface area contributed by atoms with Gasteiger partial charge in [0.1, 0.15) is 17.1 Å². The van der Waals surface area contributed by atoms with E-state index in [2.05, 4.69) is 4.98 Å². The number of anilines is 1. The highest BCUT2D eigenvalue weighted by Crippen LogP contribution is 2.36. The van der Waals surface area contributed by atoms with Gasteiger partial charge >= 0.3 is 6.18 Å². The van der Waals surface area contributed by atoms with Crippen LogP contribution in [0.5, 0.6) is 0 Å². The molecule has 16 heteroatoms. The van der Waals surface area contributed by atoms with Crippen LogP contribution in [-0.4, -0.2) is 57.1 Å². The Morgan fingerprint density at radius 1 is 1.00 bits per heavy atom. The van der Waals surface area contributed by atoms with Gasteiger partial charge in [0.2, 0.25) is 5.43 Å². The number of nitrogens with zero attached hydrogens (tertiary/aromatic N) is 3. The van der Waals surface area contributed by atoms with Crippen LogP contribution >= 0.6 is 11.6 Å². The van der Waals surface area contributed by atoms with E-state index in [1.165, 1.54) is 12.1 Å². The summed E-state index contributed by atoms with van der Waals surface area (Å²) in [7, 11) is 0. The number of rotatable bonds is 5. The van der Waals surface area contributed by atoms with Crippen molar-refractivity contribution in [2.75, 3.05) is 18.0 Å². The number of carbonyl (C=O) groups excluding carboxylic acids is 1. The number of amides is 1. The number of pyridine rings is 2. The Labute approximate surface area is 241 Å². The number of hydrogen-bond donors (Lipinski definition) is 3. The Morgan fingerprint density at radius 3 is 2.19 bits per heavy atom. The van der Waals surface area contributed by atoms with Gasteiger partial charge in [-0.1, -0.05) is 29.8 Å². The highest BCUT2D eigenvalue weighted by molar-refractivity contribution is 6.31. The molecule has 3 N–H and O–H groups in total. The molecule has 1 aliphatic rings. The molecule has 226 valence electrons. The van der Waals surface area contributed by atoms with E-state index < -0.39 is 92.7 Å². The maximum absolute atomic E-state index is 15.2. The lowest BCUT2D eigenvalue weighted by atomic mass is 10.1. The van der Waals surface area contributed by atoms with Gasteiger partial charge < -0.3 is 20.4 Å². The van der Waals surface area contributed by atoms with Crippen molar-refractivity contribution in [3.05, 3.63) is 98.3 Å². The first-order chi connectivity index (χ1) is 20.2. The van der Waals surface area contributed by atoms with E-state index in [9.17, 15) is 46.1 Å². The fourth-order valence-electron chi connectivity index (χ4n) is 4.73. The van der Waals surface area contributed by atoms with E-state index >= 15 is 4.39 Å². The van der Waals surface area contributed by atoms with Gasteiger partial charge in [0.25, 0.3) is 5.91 Å². The van der Waals surface area contributed by atoms with E-state index in [0.717, 1.165) is 17.0 Å². The van der Waals surface area contributed by atoms with Crippen molar-refractivity contribution in [1.29, 1.82) is 0 Å². The molecule has 3 atom stereocenters. The molecular weight excluding hydrogens is 613 g/mol. The summed E-state index contributed by atoms with van der Waals surface area (Å²) < 4.78 is 101. The Kier molecular flexibility index (Phi) is 7.83. The molecule has 2 unspecified atom stereocenters. The third-order valence-electron chi connectivity index (χ3n) is 6.76. The van der Waals surface area contributed by atoms with E-state index in [4.69, 9.17) is 11.6 Å². The highest BCUT2D eigenvalue weighted by Gasteiger charge is 2.43. The van der Waals surface area contributed by atoms with Gasteiger partial charge in [0, 0.05) is 42.0 Å². The number of aromatic nitrogens is 2. The fourth-order valence-corrected chi connectivity index (χ4v) is 4.97. The van der Waals surface area contributed by atoms with Crippen molar-refractivity contribution < 1.29 is 45.7 Å². The van der Waals surface area contributed by atoms with E-state index in [1.54, 1.807) is 5.32 Å². The molecule has 0 bridgehead atoms. The Bertz CT molecular complexity index is 1780. The minimum Gasteiger partial charge on any atom is -0.389 e. The molecule has 2 aromatic heterocycles. The molecule has 0 saturated carbocycles. The van der Waals surface area contributed by atoms with Gasteiger partial charge in [-0.3, -0.25) is 14.2 Å². The number of hydrogen-bond acceptors (Lipinski definition) is 6. The minimum atomic E-state index is -5.13. The molecule has 4 aromatic rings. The average Bonchev–Trinajstić information content (AvgIpc) is 3.25. The van der Waals surface area contributed by atoms with Crippen molar-refractivity contribution in [2.45, 2.75) is 24.4 Å². The number of fused-ring (bicyclic) bond motifs is 1. The van der Waals surface area contributed by atoms with Crippen LogP contribution in [-0.2, 0) is 0 Å². The second-order valence-corrected chi connectivity index (χ2v) is 10.0. The average molecular weight is 631 g/mol. The summed E-state index contributed by atoms with van der Waals surface area (Å²) in [5.41, 5.74) is -4.79. The maximum Gasteiger partial charge on any atom is 0.412 e. The van der Waals surface area contributed by atoms with Gasteiger partial charge in [-0.2, -0.15) is 13.2 Å². The number of aliphatic hydroxyl groups is 2. The molecule has 0 spiro atoms. The summed E-state index contributed by atoms with van der Waals surface area (Å²) >= 11 is 5.90.